The summed E-state index contributed by atoms with van der Waals surface area (Å²) in [6.45, 7) is -0.178. The van der Waals surface area contributed by atoms with Gasteiger partial charge >= 0.3 is 0 Å². The standard InChI is InChI=1S/C11H8ClFN2O3S/c12-19(17,18)9-4-11(16)15(6-9)10-3-8(13)2-1-7(10)5-14/h1-3,9H,4,6H2. The first-order valence-corrected chi connectivity index (χ1v) is 7.63. The molecule has 1 aromatic carbocycles. The number of carbonyl (C=O) groups is 1. The van der Waals surface area contributed by atoms with E-state index in [1.807, 2.05) is 6.07 Å². The summed E-state index contributed by atoms with van der Waals surface area (Å²) in [4.78, 5) is 12.9. The van der Waals surface area contributed by atoms with Crippen LogP contribution in [0.1, 0.15) is 12.0 Å². The summed E-state index contributed by atoms with van der Waals surface area (Å²) >= 11 is 0. The second-order valence-electron chi connectivity index (χ2n) is 4.08. The van der Waals surface area contributed by atoms with E-state index in [0.29, 0.717) is 0 Å². The van der Waals surface area contributed by atoms with E-state index in [-0.39, 0.29) is 24.2 Å². The van der Waals surface area contributed by atoms with Gasteiger partial charge in [-0.15, -0.1) is 0 Å². The van der Waals surface area contributed by atoms with Crippen molar-refractivity contribution in [1.82, 2.24) is 0 Å². The van der Waals surface area contributed by atoms with E-state index in [9.17, 15) is 17.6 Å². The van der Waals surface area contributed by atoms with Crippen molar-refractivity contribution in [3.8, 4) is 6.07 Å². The number of amides is 1. The largest absolute Gasteiger partial charge is 0.310 e. The summed E-state index contributed by atoms with van der Waals surface area (Å²) in [7, 11) is 1.34. The molecule has 1 fully saturated rings. The van der Waals surface area contributed by atoms with Gasteiger partial charge in [0.25, 0.3) is 0 Å². The normalized spacial score (nSPS) is 19.5. The highest BCUT2D eigenvalue weighted by Crippen LogP contribution is 2.29. The lowest BCUT2D eigenvalue weighted by molar-refractivity contribution is -0.117. The van der Waals surface area contributed by atoms with Gasteiger partial charge in [0.2, 0.25) is 15.0 Å². The monoisotopic (exact) mass is 302 g/mol. The van der Waals surface area contributed by atoms with Crippen molar-refractivity contribution < 1.29 is 17.6 Å². The van der Waals surface area contributed by atoms with Gasteiger partial charge in [0.15, 0.2) is 0 Å². The van der Waals surface area contributed by atoms with E-state index in [2.05, 4.69) is 0 Å². The number of carbonyl (C=O) groups excluding carboxylic acids is 1. The Hall–Kier alpha value is -1.65. The molecular weight excluding hydrogens is 295 g/mol. The Balaban J connectivity index is 2.42. The van der Waals surface area contributed by atoms with Crippen LogP contribution in [-0.2, 0) is 13.8 Å². The number of nitriles is 1. The first kappa shape index (κ1) is 13.8. The van der Waals surface area contributed by atoms with Crippen LogP contribution >= 0.6 is 10.7 Å². The Labute approximate surface area is 113 Å². The molecule has 0 aliphatic carbocycles. The molecule has 5 nitrogen and oxygen atoms in total. The summed E-state index contributed by atoms with van der Waals surface area (Å²) in [5.74, 6) is -1.12. The van der Waals surface area contributed by atoms with Gasteiger partial charge in [0, 0.05) is 23.6 Å². The molecule has 0 spiro atoms. The molecule has 0 radical (unpaired) electrons. The highest BCUT2D eigenvalue weighted by molar-refractivity contribution is 8.14. The molecule has 0 N–H and O–H groups in total. The summed E-state index contributed by atoms with van der Waals surface area (Å²) in [6, 6.07) is 5.19. The minimum atomic E-state index is -3.87. The number of benzene rings is 1. The fourth-order valence-electron chi connectivity index (χ4n) is 1.92. The van der Waals surface area contributed by atoms with Crippen LogP contribution in [-0.4, -0.2) is 26.1 Å². The number of nitrogens with zero attached hydrogens (tertiary/aromatic N) is 2. The van der Waals surface area contributed by atoms with Gasteiger partial charge in [-0.2, -0.15) is 5.26 Å². The van der Waals surface area contributed by atoms with Crippen LogP contribution < -0.4 is 4.90 Å². The SMILES string of the molecule is N#Cc1ccc(F)cc1N1CC(S(=O)(=O)Cl)CC1=O. The molecule has 19 heavy (non-hydrogen) atoms. The second kappa shape index (κ2) is 4.79. The molecule has 1 aromatic rings. The average Bonchev–Trinajstić information content (AvgIpc) is 2.71. The van der Waals surface area contributed by atoms with Gasteiger partial charge in [-0.05, 0) is 18.2 Å². The molecule has 1 heterocycles. The zero-order chi connectivity index (χ0) is 14.2. The Kier molecular flexibility index (Phi) is 3.47. The number of hydrogen-bond donors (Lipinski definition) is 0. The summed E-state index contributed by atoms with van der Waals surface area (Å²) < 4.78 is 35.7. The summed E-state index contributed by atoms with van der Waals surface area (Å²) in [6.07, 6.45) is -0.271. The van der Waals surface area contributed by atoms with Crippen molar-refractivity contribution >= 4 is 31.3 Å². The van der Waals surface area contributed by atoms with E-state index in [4.69, 9.17) is 15.9 Å². The van der Waals surface area contributed by atoms with Gasteiger partial charge in [-0.25, -0.2) is 12.8 Å². The molecule has 1 saturated heterocycles. The van der Waals surface area contributed by atoms with Crippen LogP contribution in [0.5, 0.6) is 0 Å². The van der Waals surface area contributed by atoms with Crippen LogP contribution in [0.4, 0.5) is 10.1 Å². The van der Waals surface area contributed by atoms with E-state index in [0.717, 1.165) is 17.0 Å². The van der Waals surface area contributed by atoms with E-state index in [1.165, 1.54) is 6.07 Å². The molecular formula is C11H8ClFN2O3S. The van der Waals surface area contributed by atoms with Crippen LogP contribution in [0, 0.1) is 17.1 Å². The number of halogens is 2. The minimum absolute atomic E-state index is 0.0651. The zero-order valence-electron chi connectivity index (χ0n) is 9.51. The van der Waals surface area contributed by atoms with Crippen molar-refractivity contribution in [3.63, 3.8) is 0 Å². The van der Waals surface area contributed by atoms with Crippen molar-refractivity contribution in [1.29, 1.82) is 5.26 Å². The molecule has 1 aliphatic rings. The fraction of sp³-hybridized carbons (Fsp3) is 0.273. The smallest absolute Gasteiger partial charge is 0.237 e. The first-order valence-electron chi connectivity index (χ1n) is 5.26. The van der Waals surface area contributed by atoms with Crippen LogP contribution in [0.25, 0.3) is 0 Å². The molecule has 1 unspecified atom stereocenters. The molecule has 0 bridgehead atoms. The van der Waals surface area contributed by atoms with E-state index >= 15 is 0 Å². The van der Waals surface area contributed by atoms with E-state index < -0.39 is 26.0 Å². The molecule has 100 valence electrons. The number of rotatable bonds is 2. The highest BCUT2D eigenvalue weighted by atomic mass is 35.7. The lowest BCUT2D eigenvalue weighted by atomic mass is 10.1. The predicted octanol–water partition coefficient (Wildman–Crippen LogP) is 1.37. The lowest BCUT2D eigenvalue weighted by Crippen LogP contribution is -2.27. The Morgan fingerprint density at radius 3 is 2.68 bits per heavy atom. The minimum Gasteiger partial charge on any atom is -0.310 e. The molecule has 1 atom stereocenters. The number of anilines is 1. The third kappa shape index (κ3) is 2.69. The van der Waals surface area contributed by atoms with Crippen molar-refractivity contribution in [3.05, 3.63) is 29.6 Å². The molecule has 1 aliphatic heterocycles. The Morgan fingerprint density at radius 1 is 1.47 bits per heavy atom. The maximum absolute atomic E-state index is 13.2. The van der Waals surface area contributed by atoms with Crippen molar-refractivity contribution in [2.45, 2.75) is 11.7 Å². The van der Waals surface area contributed by atoms with Crippen LogP contribution in [0.3, 0.4) is 0 Å². The first-order chi connectivity index (χ1) is 8.82. The van der Waals surface area contributed by atoms with Gasteiger partial charge in [0.1, 0.15) is 17.1 Å². The maximum atomic E-state index is 13.2. The third-order valence-corrected chi connectivity index (χ3v) is 4.73. The van der Waals surface area contributed by atoms with Gasteiger partial charge in [-0.1, -0.05) is 0 Å². The second-order valence-corrected chi connectivity index (χ2v) is 6.99. The van der Waals surface area contributed by atoms with Gasteiger partial charge < -0.3 is 4.90 Å². The number of hydrogen-bond acceptors (Lipinski definition) is 4. The maximum Gasteiger partial charge on any atom is 0.237 e. The average molecular weight is 303 g/mol. The molecule has 0 saturated carbocycles. The van der Waals surface area contributed by atoms with Gasteiger partial charge in [-0.3, -0.25) is 4.79 Å². The Bertz CT molecular complexity index is 684. The Morgan fingerprint density at radius 2 is 2.16 bits per heavy atom. The predicted molar refractivity (Wildman–Crippen MR) is 66.6 cm³/mol. The summed E-state index contributed by atoms with van der Waals surface area (Å²) in [5, 5.41) is 7.88. The zero-order valence-corrected chi connectivity index (χ0v) is 11.1. The molecule has 8 heteroatoms. The summed E-state index contributed by atoms with van der Waals surface area (Å²) in [5.41, 5.74) is 0.165. The molecule has 2 rings (SSSR count). The van der Waals surface area contributed by atoms with Crippen molar-refractivity contribution in [2.24, 2.45) is 0 Å². The van der Waals surface area contributed by atoms with Crippen LogP contribution in [0.15, 0.2) is 18.2 Å². The van der Waals surface area contributed by atoms with Crippen molar-refractivity contribution in [2.75, 3.05) is 11.4 Å². The highest BCUT2D eigenvalue weighted by Gasteiger charge is 2.38. The molecule has 1 amide bonds. The molecule has 0 aromatic heterocycles. The van der Waals surface area contributed by atoms with E-state index in [1.54, 1.807) is 0 Å². The quantitative estimate of drug-likeness (QED) is 0.773. The topological polar surface area (TPSA) is 78.2 Å². The lowest BCUT2D eigenvalue weighted by Gasteiger charge is -2.17. The van der Waals surface area contributed by atoms with Gasteiger partial charge in [0.05, 0.1) is 11.3 Å². The fourth-order valence-corrected chi connectivity index (χ4v) is 2.95. The third-order valence-electron chi connectivity index (χ3n) is 2.86. The van der Waals surface area contributed by atoms with Crippen LogP contribution in [0.2, 0.25) is 0 Å².